The predicted octanol–water partition coefficient (Wildman–Crippen LogP) is 6.33. The van der Waals surface area contributed by atoms with Crippen LogP contribution < -0.4 is 16.0 Å². The van der Waals surface area contributed by atoms with Gasteiger partial charge in [-0.05, 0) is 72.3 Å². The van der Waals surface area contributed by atoms with Crippen LogP contribution in [-0.2, 0) is 6.18 Å². The van der Waals surface area contributed by atoms with Crippen molar-refractivity contribution in [1.82, 2.24) is 15.0 Å². The van der Waals surface area contributed by atoms with Crippen molar-refractivity contribution in [3.8, 4) is 0 Å². The summed E-state index contributed by atoms with van der Waals surface area (Å²) in [5.41, 5.74) is 1.40. The number of alkyl halides is 3. The van der Waals surface area contributed by atoms with Crippen molar-refractivity contribution >= 4 is 52.7 Å². The number of allylic oxidation sites excluding steroid dienone is 1. The second-order valence-electron chi connectivity index (χ2n) is 8.11. The lowest BCUT2D eigenvalue weighted by Crippen LogP contribution is -2.12. The topological polar surface area (TPSA) is 112 Å². The predicted molar refractivity (Wildman–Crippen MR) is 145 cm³/mol. The van der Waals surface area contributed by atoms with Crippen LogP contribution in [0.15, 0.2) is 78.9 Å². The van der Waals surface area contributed by atoms with Gasteiger partial charge in [0, 0.05) is 28.5 Å². The summed E-state index contributed by atoms with van der Waals surface area (Å²) in [4.78, 5) is 25.5. The molecule has 0 unspecified atom stereocenters. The second kappa shape index (κ2) is 12.4. The second-order valence-corrected chi connectivity index (χ2v) is 8.54. The minimum Gasteiger partial charge on any atom is -0.395 e. The van der Waals surface area contributed by atoms with Gasteiger partial charge >= 0.3 is 6.18 Å². The lowest BCUT2D eigenvalue weighted by atomic mass is 10.1. The number of rotatable bonds is 10. The quantitative estimate of drug-likeness (QED) is 0.133. The van der Waals surface area contributed by atoms with E-state index in [0.717, 1.165) is 12.1 Å². The summed E-state index contributed by atoms with van der Waals surface area (Å²) in [7, 11) is 0. The number of aliphatic hydroxyl groups excluding tert-OH is 1. The Kier molecular flexibility index (Phi) is 8.74. The number of ketones is 1. The molecule has 0 atom stereocenters. The Bertz CT molecular complexity index is 1440. The molecule has 1 aromatic heterocycles. The van der Waals surface area contributed by atoms with E-state index in [-0.39, 0.29) is 36.8 Å². The molecule has 0 bridgehead atoms. The molecule has 8 nitrogen and oxygen atoms in total. The van der Waals surface area contributed by atoms with Gasteiger partial charge in [0.1, 0.15) is 0 Å². The number of nitrogens with one attached hydrogen (secondary N) is 3. The van der Waals surface area contributed by atoms with Crippen molar-refractivity contribution in [2.45, 2.75) is 6.18 Å². The van der Waals surface area contributed by atoms with Crippen molar-refractivity contribution in [3.05, 3.63) is 101 Å². The zero-order valence-electron chi connectivity index (χ0n) is 20.2. The van der Waals surface area contributed by atoms with Crippen LogP contribution in [-0.4, -0.2) is 39.0 Å². The average Bonchev–Trinajstić information content (AvgIpc) is 2.92. The Balaban J connectivity index is 1.45. The van der Waals surface area contributed by atoms with Gasteiger partial charge in [-0.15, -0.1) is 0 Å². The summed E-state index contributed by atoms with van der Waals surface area (Å²) in [5.74, 6) is 0.378. The van der Waals surface area contributed by atoms with Gasteiger partial charge < -0.3 is 21.1 Å². The molecule has 0 aliphatic carbocycles. The molecular formula is C27H22ClF3N6O2. The van der Waals surface area contributed by atoms with E-state index in [0.29, 0.717) is 27.5 Å². The molecule has 4 aromatic rings. The van der Waals surface area contributed by atoms with E-state index in [9.17, 15) is 18.0 Å². The first kappa shape index (κ1) is 27.6. The molecule has 0 saturated carbocycles. The molecule has 0 fully saturated rings. The molecule has 0 amide bonds. The number of carbonyl (C=O) groups is 1. The molecule has 200 valence electrons. The van der Waals surface area contributed by atoms with Crippen LogP contribution in [0.2, 0.25) is 5.02 Å². The third kappa shape index (κ3) is 8.00. The number of hydrogen-bond donors (Lipinski definition) is 4. The van der Waals surface area contributed by atoms with Crippen molar-refractivity contribution in [2.24, 2.45) is 0 Å². The van der Waals surface area contributed by atoms with Gasteiger partial charge in [-0.3, -0.25) is 4.79 Å². The lowest BCUT2D eigenvalue weighted by Gasteiger charge is -2.11. The van der Waals surface area contributed by atoms with Crippen LogP contribution in [0.25, 0.3) is 6.08 Å². The number of benzene rings is 3. The van der Waals surface area contributed by atoms with E-state index in [1.165, 1.54) is 24.3 Å². The fourth-order valence-corrected chi connectivity index (χ4v) is 3.42. The normalized spacial score (nSPS) is 11.4. The van der Waals surface area contributed by atoms with Crippen molar-refractivity contribution in [1.29, 1.82) is 0 Å². The van der Waals surface area contributed by atoms with Crippen molar-refractivity contribution < 1.29 is 23.1 Å². The molecule has 0 aliphatic rings. The largest absolute Gasteiger partial charge is 0.416 e. The average molecular weight is 555 g/mol. The van der Waals surface area contributed by atoms with Crippen molar-refractivity contribution in [3.63, 3.8) is 0 Å². The molecule has 12 heteroatoms. The first-order chi connectivity index (χ1) is 18.7. The molecule has 1 heterocycles. The maximum Gasteiger partial charge on any atom is 0.416 e. The summed E-state index contributed by atoms with van der Waals surface area (Å²) in [6.07, 6.45) is -1.66. The van der Waals surface area contributed by atoms with Crippen LogP contribution >= 0.6 is 11.6 Å². The molecule has 4 rings (SSSR count). The van der Waals surface area contributed by atoms with Gasteiger partial charge in [0.05, 0.1) is 12.2 Å². The summed E-state index contributed by atoms with van der Waals surface area (Å²) in [6.45, 7) is 0.123. The van der Waals surface area contributed by atoms with E-state index in [1.807, 2.05) is 0 Å². The Labute approximate surface area is 226 Å². The summed E-state index contributed by atoms with van der Waals surface area (Å²) in [5, 5.41) is 18.7. The highest BCUT2D eigenvalue weighted by Gasteiger charge is 2.29. The molecule has 0 spiro atoms. The Morgan fingerprint density at radius 1 is 0.821 bits per heavy atom. The molecule has 0 aliphatic heterocycles. The van der Waals surface area contributed by atoms with Crippen molar-refractivity contribution in [2.75, 3.05) is 29.1 Å². The first-order valence-electron chi connectivity index (χ1n) is 11.6. The summed E-state index contributed by atoms with van der Waals surface area (Å²) >= 11 is 5.94. The number of aromatic nitrogens is 3. The van der Waals surface area contributed by atoms with Gasteiger partial charge in [-0.1, -0.05) is 29.8 Å². The number of anilines is 5. The summed E-state index contributed by atoms with van der Waals surface area (Å²) in [6, 6.07) is 18.0. The zero-order chi connectivity index (χ0) is 27.8. The first-order valence-corrected chi connectivity index (χ1v) is 12.0. The minimum absolute atomic E-state index is 0.114. The third-order valence-corrected chi connectivity index (χ3v) is 5.47. The smallest absolute Gasteiger partial charge is 0.395 e. The van der Waals surface area contributed by atoms with Crippen LogP contribution in [0.1, 0.15) is 21.5 Å². The molecule has 3 aromatic carbocycles. The molecule has 0 saturated heterocycles. The maximum atomic E-state index is 12.7. The highest BCUT2D eigenvalue weighted by atomic mass is 35.5. The number of hydrogen-bond acceptors (Lipinski definition) is 8. The molecule has 39 heavy (non-hydrogen) atoms. The highest BCUT2D eigenvalue weighted by Crippen LogP contribution is 2.29. The van der Waals surface area contributed by atoms with Crippen LogP contribution in [0, 0.1) is 0 Å². The molecule has 0 radical (unpaired) electrons. The van der Waals surface area contributed by atoms with E-state index < -0.39 is 11.7 Å². The lowest BCUT2D eigenvalue weighted by molar-refractivity contribution is -0.137. The Morgan fingerprint density at radius 3 is 1.90 bits per heavy atom. The van der Waals surface area contributed by atoms with E-state index in [2.05, 4.69) is 30.9 Å². The zero-order valence-corrected chi connectivity index (χ0v) is 21.0. The van der Waals surface area contributed by atoms with Crippen LogP contribution in [0.5, 0.6) is 0 Å². The SMILES string of the molecule is O=C(/C=C/c1ccc(C(F)(F)F)cc1)c1ccc(Nc2nc(NCCO)nc(Nc3ccc(Cl)cc3)n2)cc1. The minimum atomic E-state index is -4.42. The van der Waals surface area contributed by atoms with Gasteiger partial charge in [0.2, 0.25) is 17.8 Å². The van der Waals surface area contributed by atoms with E-state index in [4.69, 9.17) is 16.7 Å². The number of carbonyl (C=O) groups excluding carboxylic acids is 1. The Hall–Kier alpha value is -4.48. The number of halogens is 4. The van der Waals surface area contributed by atoms with E-state index >= 15 is 0 Å². The standard InChI is InChI=1S/C27H22ClF3N6O2/c28-20-8-12-22(13-9-20)34-26-36-24(32-15-16-38)35-25(37-26)33-21-10-4-18(5-11-21)23(39)14-3-17-1-6-19(7-2-17)27(29,30)31/h1-14,38H,15-16H2,(H3,32,33,34,35,36,37)/b14-3+. The van der Waals surface area contributed by atoms with Gasteiger partial charge in [0.25, 0.3) is 0 Å². The third-order valence-electron chi connectivity index (χ3n) is 5.22. The van der Waals surface area contributed by atoms with Crippen LogP contribution in [0.3, 0.4) is 0 Å². The van der Waals surface area contributed by atoms with Gasteiger partial charge in [-0.2, -0.15) is 28.1 Å². The highest BCUT2D eigenvalue weighted by molar-refractivity contribution is 6.30. The number of nitrogens with zero attached hydrogens (tertiary/aromatic N) is 3. The molecule has 4 N–H and O–H groups in total. The van der Waals surface area contributed by atoms with E-state index in [1.54, 1.807) is 48.5 Å². The fraction of sp³-hybridized carbons (Fsp3) is 0.111. The fourth-order valence-electron chi connectivity index (χ4n) is 3.30. The molecular weight excluding hydrogens is 533 g/mol. The van der Waals surface area contributed by atoms with Gasteiger partial charge in [-0.25, -0.2) is 0 Å². The maximum absolute atomic E-state index is 12.7. The van der Waals surface area contributed by atoms with Gasteiger partial charge in [0.15, 0.2) is 5.78 Å². The van der Waals surface area contributed by atoms with Crippen LogP contribution in [0.4, 0.5) is 42.4 Å². The number of aliphatic hydroxyl groups is 1. The Morgan fingerprint density at radius 2 is 1.36 bits per heavy atom. The summed E-state index contributed by atoms with van der Waals surface area (Å²) < 4.78 is 38.1. The monoisotopic (exact) mass is 554 g/mol.